The van der Waals surface area contributed by atoms with Gasteiger partial charge in [0.15, 0.2) is 11.5 Å². The van der Waals surface area contributed by atoms with E-state index < -0.39 is 10.0 Å². The first-order valence-corrected chi connectivity index (χ1v) is 9.84. The maximum Gasteiger partial charge on any atom is 0.251 e. The summed E-state index contributed by atoms with van der Waals surface area (Å²) in [5, 5.41) is 2.79. The van der Waals surface area contributed by atoms with Crippen molar-refractivity contribution in [3.63, 3.8) is 0 Å². The third kappa shape index (κ3) is 4.99. The number of methoxy groups -OCH3 is 1. The van der Waals surface area contributed by atoms with Crippen LogP contribution < -0.4 is 14.8 Å². The zero-order valence-corrected chi connectivity index (χ0v) is 16.7. The van der Waals surface area contributed by atoms with E-state index >= 15 is 0 Å². The molecule has 0 heterocycles. The van der Waals surface area contributed by atoms with Crippen LogP contribution in [0.1, 0.15) is 22.8 Å². The summed E-state index contributed by atoms with van der Waals surface area (Å²) in [6.07, 6.45) is 0. The monoisotopic (exact) mass is 392 g/mol. The molecule has 146 valence electrons. The average molecular weight is 392 g/mol. The number of benzene rings is 2. The highest BCUT2D eigenvalue weighted by molar-refractivity contribution is 7.89. The van der Waals surface area contributed by atoms with Crippen LogP contribution in [0.3, 0.4) is 0 Å². The molecular weight excluding hydrogens is 368 g/mol. The van der Waals surface area contributed by atoms with Crippen molar-refractivity contribution in [2.45, 2.75) is 18.4 Å². The molecule has 1 N–H and O–H groups in total. The van der Waals surface area contributed by atoms with Gasteiger partial charge in [-0.05, 0) is 42.8 Å². The number of carbonyl (C=O) groups is 1. The molecule has 0 aromatic heterocycles. The van der Waals surface area contributed by atoms with E-state index in [9.17, 15) is 13.2 Å². The zero-order valence-electron chi connectivity index (χ0n) is 15.9. The molecule has 27 heavy (non-hydrogen) atoms. The van der Waals surface area contributed by atoms with Gasteiger partial charge in [0, 0.05) is 26.2 Å². The van der Waals surface area contributed by atoms with Crippen molar-refractivity contribution in [3.05, 3.63) is 53.6 Å². The van der Waals surface area contributed by atoms with E-state index in [4.69, 9.17) is 9.47 Å². The van der Waals surface area contributed by atoms with E-state index in [-0.39, 0.29) is 22.9 Å². The lowest BCUT2D eigenvalue weighted by Crippen LogP contribution is -2.25. The number of nitrogens with one attached hydrogen (secondary N) is 1. The molecule has 0 atom stereocenters. The first-order valence-electron chi connectivity index (χ1n) is 8.40. The number of ether oxygens (including phenoxy) is 2. The Morgan fingerprint density at radius 3 is 2.48 bits per heavy atom. The molecule has 0 aliphatic heterocycles. The average Bonchev–Trinajstić information content (AvgIpc) is 2.66. The highest BCUT2D eigenvalue weighted by atomic mass is 32.2. The van der Waals surface area contributed by atoms with Crippen LogP contribution in [0.4, 0.5) is 0 Å². The van der Waals surface area contributed by atoms with Crippen LogP contribution in [0.25, 0.3) is 0 Å². The second-order valence-electron chi connectivity index (χ2n) is 5.92. The molecule has 1 amide bonds. The predicted octanol–water partition coefficient (Wildman–Crippen LogP) is 2.27. The van der Waals surface area contributed by atoms with Crippen LogP contribution in [-0.4, -0.2) is 46.4 Å². The molecule has 7 nitrogen and oxygen atoms in total. The third-order valence-electron chi connectivity index (χ3n) is 3.86. The molecule has 0 unspecified atom stereocenters. The maximum absolute atomic E-state index is 12.4. The topological polar surface area (TPSA) is 84.9 Å². The minimum absolute atomic E-state index is 0.0724. The van der Waals surface area contributed by atoms with Gasteiger partial charge in [0.1, 0.15) is 0 Å². The van der Waals surface area contributed by atoms with Crippen molar-refractivity contribution in [1.82, 2.24) is 9.62 Å². The molecule has 2 rings (SSSR count). The fourth-order valence-corrected chi connectivity index (χ4v) is 3.34. The second-order valence-corrected chi connectivity index (χ2v) is 8.07. The Morgan fingerprint density at radius 1 is 1.11 bits per heavy atom. The van der Waals surface area contributed by atoms with Crippen LogP contribution in [0, 0.1) is 0 Å². The summed E-state index contributed by atoms with van der Waals surface area (Å²) in [4.78, 5) is 12.5. The molecule has 2 aromatic rings. The van der Waals surface area contributed by atoms with E-state index in [1.54, 1.807) is 31.4 Å². The smallest absolute Gasteiger partial charge is 0.251 e. The number of sulfonamides is 1. The Hall–Kier alpha value is -2.58. The van der Waals surface area contributed by atoms with Crippen LogP contribution in [0.5, 0.6) is 11.5 Å². The van der Waals surface area contributed by atoms with Gasteiger partial charge in [0.25, 0.3) is 5.91 Å². The van der Waals surface area contributed by atoms with Gasteiger partial charge in [0.2, 0.25) is 10.0 Å². The number of nitrogens with zero attached hydrogens (tertiary/aromatic N) is 1. The van der Waals surface area contributed by atoms with Crippen LogP contribution in [-0.2, 0) is 16.6 Å². The van der Waals surface area contributed by atoms with Gasteiger partial charge in [0.05, 0.1) is 18.6 Å². The molecule has 0 saturated heterocycles. The van der Waals surface area contributed by atoms with Crippen molar-refractivity contribution < 1.29 is 22.7 Å². The molecule has 0 aliphatic rings. The van der Waals surface area contributed by atoms with Gasteiger partial charge in [-0.1, -0.05) is 12.1 Å². The Morgan fingerprint density at radius 2 is 1.85 bits per heavy atom. The Balaban J connectivity index is 2.14. The van der Waals surface area contributed by atoms with E-state index in [1.807, 2.05) is 13.0 Å². The largest absolute Gasteiger partial charge is 0.493 e. The fourth-order valence-electron chi connectivity index (χ4n) is 2.39. The van der Waals surface area contributed by atoms with Gasteiger partial charge < -0.3 is 14.8 Å². The van der Waals surface area contributed by atoms with Crippen LogP contribution in [0.15, 0.2) is 47.4 Å². The lowest BCUT2D eigenvalue weighted by Gasteiger charge is -2.13. The van der Waals surface area contributed by atoms with Crippen molar-refractivity contribution >= 4 is 15.9 Å². The molecule has 0 saturated carbocycles. The minimum atomic E-state index is -3.60. The third-order valence-corrected chi connectivity index (χ3v) is 5.67. The molecule has 0 fully saturated rings. The molecule has 2 aromatic carbocycles. The van der Waals surface area contributed by atoms with E-state index in [0.29, 0.717) is 18.1 Å². The highest BCUT2D eigenvalue weighted by Crippen LogP contribution is 2.28. The maximum atomic E-state index is 12.4. The SMILES string of the molecule is CCOc1cc(CNC(=O)c2cccc(S(=O)(=O)N(C)C)c2)ccc1OC. The standard InChI is InChI=1S/C19H24N2O5S/c1-5-26-18-11-14(9-10-17(18)25-4)13-20-19(22)15-7-6-8-16(12-15)27(23,24)21(2)3/h6-12H,5,13H2,1-4H3,(H,20,22). The minimum Gasteiger partial charge on any atom is -0.493 e. The molecule has 8 heteroatoms. The number of carbonyl (C=O) groups excluding carboxylic acids is 1. The number of amides is 1. The normalized spacial score (nSPS) is 11.3. The lowest BCUT2D eigenvalue weighted by atomic mass is 10.1. The molecular formula is C19H24N2O5S. The van der Waals surface area contributed by atoms with Gasteiger partial charge >= 0.3 is 0 Å². The summed E-state index contributed by atoms with van der Waals surface area (Å²) in [6, 6.07) is 11.4. The van der Waals surface area contributed by atoms with Gasteiger partial charge in [-0.25, -0.2) is 12.7 Å². The van der Waals surface area contributed by atoms with Crippen LogP contribution in [0.2, 0.25) is 0 Å². The summed E-state index contributed by atoms with van der Waals surface area (Å²) in [5.74, 6) is 0.860. The number of hydrogen-bond acceptors (Lipinski definition) is 5. The summed E-state index contributed by atoms with van der Waals surface area (Å²) in [7, 11) is 0.859. The highest BCUT2D eigenvalue weighted by Gasteiger charge is 2.18. The first-order chi connectivity index (χ1) is 12.8. The number of hydrogen-bond donors (Lipinski definition) is 1. The molecule has 0 radical (unpaired) electrons. The van der Waals surface area contributed by atoms with Crippen molar-refractivity contribution in [3.8, 4) is 11.5 Å². The quantitative estimate of drug-likeness (QED) is 0.745. The van der Waals surface area contributed by atoms with Gasteiger partial charge in [-0.3, -0.25) is 4.79 Å². The summed E-state index contributed by atoms with van der Waals surface area (Å²) in [6.45, 7) is 2.65. The lowest BCUT2D eigenvalue weighted by molar-refractivity contribution is 0.0950. The van der Waals surface area contributed by atoms with E-state index in [0.717, 1.165) is 9.87 Å². The molecule has 0 aliphatic carbocycles. The Labute approximate surface area is 160 Å². The second kappa shape index (κ2) is 8.88. The van der Waals surface area contributed by atoms with Gasteiger partial charge in [-0.2, -0.15) is 0 Å². The Kier molecular flexibility index (Phi) is 6.81. The molecule has 0 bridgehead atoms. The van der Waals surface area contributed by atoms with E-state index in [2.05, 4.69) is 5.32 Å². The van der Waals surface area contributed by atoms with Crippen molar-refractivity contribution in [1.29, 1.82) is 0 Å². The Bertz CT molecular complexity index is 910. The predicted molar refractivity (Wildman–Crippen MR) is 103 cm³/mol. The summed E-state index contributed by atoms with van der Waals surface area (Å²) in [5.41, 5.74) is 1.11. The fraction of sp³-hybridized carbons (Fsp3) is 0.316. The van der Waals surface area contributed by atoms with Crippen LogP contribution >= 0.6 is 0 Å². The zero-order chi connectivity index (χ0) is 20.0. The number of rotatable bonds is 8. The first kappa shape index (κ1) is 20.7. The van der Waals surface area contributed by atoms with E-state index in [1.165, 1.54) is 26.2 Å². The molecule has 0 spiro atoms. The van der Waals surface area contributed by atoms with Gasteiger partial charge in [-0.15, -0.1) is 0 Å². The summed E-state index contributed by atoms with van der Waals surface area (Å²) >= 11 is 0. The van der Waals surface area contributed by atoms with Crippen molar-refractivity contribution in [2.75, 3.05) is 27.8 Å². The summed E-state index contributed by atoms with van der Waals surface area (Å²) < 4.78 is 36.3. The van der Waals surface area contributed by atoms with Crippen molar-refractivity contribution in [2.24, 2.45) is 0 Å².